The minimum Gasteiger partial charge on any atom is -0.358 e. The lowest BCUT2D eigenvalue weighted by Gasteiger charge is -2.35. The molecule has 0 spiro atoms. The van der Waals surface area contributed by atoms with Gasteiger partial charge in [-0.05, 0) is 49.7 Å². The average molecular weight is 409 g/mol. The van der Waals surface area contributed by atoms with Crippen molar-refractivity contribution >= 4 is 39.8 Å². The molecule has 3 aromatic rings. The number of nitrogens with zero attached hydrogens (tertiary/aromatic N) is 3. The second kappa shape index (κ2) is 8.39. The van der Waals surface area contributed by atoms with Crippen molar-refractivity contribution in [3.05, 3.63) is 65.3 Å². The Morgan fingerprint density at radius 2 is 2.00 bits per heavy atom. The second-order valence-electron chi connectivity index (χ2n) is 7.36. The molecule has 1 fully saturated rings. The number of amides is 1. The maximum atomic E-state index is 13.2. The van der Waals surface area contributed by atoms with Crippen LogP contribution in [0.5, 0.6) is 0 Å². The van der Waals surface area contributed by atoms with Gasteiger partial charge in [-0.1, -0.05) is 36.7 Å². The molecule has 1 aliphatic rings. The van der Waals surface area contributed by atoms with E-state index in [1.165, 1.54) is 0 Å². The first-order chi connectivity index (χ1) is 14.1. The third-order valence-electron chi connectivity index (χ3n) is 5.63. The highest BCUT2D eigenvalue weighted by atomic mass is 35.5. The Hall–Kier alpha value is -2.63. The van der Waals surface area contributed by atoms with Crippen molar-refractivity contribution in [3.63, 3.8) is 0 Å². The molecule has 1 N–H and O–H groups in total. The summed E-state index contributed by atoms with van der Waals surface area (Å²) in [5.74, 6) is -0.173. The summed E-state index contributed by atoms with van der Waals surface area (Å²) in [6.45, 7) is 4.26. The molecule has 1 unspecified atom stereocenters. The van der Waals surface area contributed by atoms with Gasteiger partial charge >= 0.3 is 0 Å². The molecule has 0 saturated carbocycles. The molecule has 2 heterocycles. The predicted molar refractivity (Wildman–Crippen MR) is 120 cm³/mol. The largest absolute Gasteiger partial charge is 0.358 e. The smallest absolute Gasteiger partial charge is 0.259 e. The first-order valence-corrected chi connectivity index (χ1v) is 10.4. The SMILES string of the molecule is CCN1CCCC1N(C)c1c(C(=O)Nc2ccc(Cl)cc2)cnc2ccccc12. The first-order valence-electron chi connectivity index (χ1n) is 10.00. The monoisotopic (exact) mass is 408 g/mol. The maximum Gasteiger partial charge on any atom is 0.259 e. The summed E-state index contributed by atoms with van der Waals surface area (Å²) in [6.07, 6.45) is 4.20. The number of aromatic nitrogens is 1. The predicted octanol–water partition coefficient (Wildman–Crippen LogP) is 5.02. The van der Waals surface area contributed by atoms with Crippen LogP contribution in [-0.2, 0) is 0 Å². The van der Waals surface area contributed by atoms with Gasteiger partial charge in [0.1, 0.15) is 0 Å². The Morgan fingerprint density at radius 3 is 2.76 bits per heavy atom. The van der Waals surface area contributed by atoms with Crippen molar-refractivity contribution in [2.45, 2.75) is 25.9 Å². The van der Waals surface area contributed by atoms with Gasteiger partial charge in [0.25, 0.3) is 5.91 Å². The molecular weight excluding hydrogens is 384 g/mol. The molecule has 0 bridgehead atoms. The summed E-state index contributed by atoms with van der Waals surface area (Å²) in [5, 5.41) is 4.61. The Balaban J connectivity index is 1.76. The Bertz CT molecular complexity index is 1020. The quantitative estimate of drug-likeness (QED) is 0.644. The van der Waals surface area contributed by atoms with Crippen LogP contribution in [0.2, 0.25) is 5.02 Å². The number of benzene rings is 2. The van der Waals surface area contributed by atoms with Crippen molar-refractivity contribution in [1.29, 1.82) is 0 Å². The Labute approximate surface area is 176 Å². The van der Waals surface area contributed by atoms with Crippen molar-refractivity contribution in [2.24, 2.45) is 0 Å². The molecule has 4 rings (SSSR count). The molecule has 1 atom stereocenters. The lowest BCUT2D eigenvalue weighted by molar-refractivity contribution is 0.102. The number of pyridine rings is 1. The van der Waals surface area contributed by atoms with Crippen LogP contribution in [0.1, 0.15) is 30.1 Å². The average Bonchev–Trinajstić information content (AvgIpc) is 3.23. The number of hydrogen-bond donors (Lipinski definition) is 1. The number of halogens is 1. The third-order valence-corrected chi connectivity index (χ3v) is 5.88. The van der Waals surface area contributed by atoms with Crippen LogP contribution in [0.4, 0.5) is 11.4 Å². The van der Waals surface area contributed by atoms with Crippen LogP contribution < -0.4 is 10.2 Å². The fourth-order valence-corrected chi connectivity index (χ4v) is 4.30. The summed E-state index contributed by atoms with van der Waals surface area (Å²) >= 11 is 5.96. The van der Waals surface area contributed by atoms with E-state index in [9.17, 15) is 4.79 Å². The van der Waals surface area contributed by atoms with Crippen LogP contribution >= 0.6 is 11.6 Å². The molecular formula is C23H25ClN4O. The zero-order valence-corrected chi connectivity index (χ0v) is 17.5. The number of carbonyl (C=O) groups excluding carboxylic acids is 1. The van der Waals surface area contributed by atoms with E-state index < -0.39 is 0 Å². The van der Waals surface area contributed by atoms with Gasteiger partial charge in [-0.2, -0.15) is 0 Å². The van der Waals surface area contributed by atoms with Gasteiger partial charge in [-0.25, -0.2) is 0 Å². The Kier molecular flexibility index (Phi) is 5.69. The van der Waals surface area contributed by atoms with Crippen LogP contribution in [0.3, 0.4) is 0 Å². The minimum atomic E-state index is -0.173. The summed E-state index contributed by atoms with van der Waals surface area (Å²) in [7, 11) is 2.08. The molecule has 2 aromatic carbocycles. The zero-order chi connectivity index (χ0) is 20.4. The minimum absolute atomic E-state index is 0.173. The highest BCUT2D eigenvalue weighted by Gasteiger charge is 2.30. The van der Waals surface area contributed by atoms with E-state index in [1.54, 1.807) is 30.5 Å². The maximum absolute atomic E-state index is 13.2. The molecule has 1 aliphatic heterocycles. The van der Waals surface area contributed by atoms with Gasteiger partial charge < -0.3 is 10.2 Å². The normalized spacial score (nSPS) is 16.9. The zero-order valence-electron chi connectivity index (χ0n) is 16.7. The van der Waals surface area contributed by atoms with E-state index in [2.05, 4.69) is 34.1 Å². The third kappa shape index (κ3) is 3.93. The molecule has 1 aromatic heterocycles. The van der Waals surface area contributed by atoms with Crippen LogP contribution in [0.15, 0.2) is 54.7 Å². The number of anilines is 2. The topological polar surface area (TPSA) is 48.5 Å². The molecule has 5 nitrogen and oxygen atoms in total. The van der Waals surface area contributed by atoms with Crippen LogP contribution in [-0.4, -0.2) is 42.1 Å². The number of nitrogens with one attached hydrogen (secondary N) is 1. The molecule has 0 aliphatic carbocycles. The van der Waals surface area contributed by atoms with Gasteiger partial charge in [0.15, 0.2) is 0 Å². The molecule has 29 heavy (non-hydrogen) atoms. The molecule has 150 valence electrons. The number of hydrogen-bond acceptors (Lipinski definition) is 4. The first kappa shape index (κ1) is 19.7. The van der Waals surface area contributed by atoms with E-state index in [4.69, 9.17) is 11.6 Å². The highest BCUT2D eigenvalue weighted by Crippen LogP contribution is 2.33. The van der Waals surface area contributed by atoms with Crippen molar-refractivity contribution in [1.82, 2.24) is 9.88 Å². The Morgan fingerprint density at radius 1 is 1.24 bits per heavy atom. The number of para-hydroxylation sites is 1. The lowest BCUT2D eigenvalue weighted by Crippen LogP contribution is -2.43. The number of rotatable bonds is 5. The highest BCUT2D eigenvalue weighted by molar-refractivity contribution is 6.30. The van der Waals surface area contributed by atoms with Crippen LogP contribution in [0, 0.1) is 0 Å². The van der Waals surface area contributed by atoms with Crippen molar-refractivity contribution in [2.75, 3.05) is 30.4 Å². The van der Waals surface area contributed by atoms with Crippen molar-refractivity contribution in [3.8, 4) is 0 Å². The number of likely N-dealkylation sites (tertiary alicyclic amines) is 1. The van der Waals surface area contributed by atoms with Gasteiger partial charge in [-0.3, -0.25) is 14.7 Å². The van der Waals surface area contributed by atoms with E-state index in [0.29, 0.717) is 16.3 Å². The van der Waals surface area contributed by atoms with Gasteiger partial charge in [0.05, 0.1) is 22.9 Å². The standard InChI is InChI=1S/C23H25ClN4O/c1-3-28-14-6-9-21(28)27(2)22-18-7-4-5-8-20(18)25-15-19(22)23(29)26-17-12-10-16(24)11-13-17/h4-5,7-8,10-13,15,21H,3,6,9,14H2,1-2H3,(H,26,29). The van der Waals surface area contributed by atoms with E-state index >= 15 is 0 Å². The molecule has 6 heteroatoms. The van der Waals surface area contributed by atoms with Crippen molar-refractivity contribution < 1.29 is 4.79 Å². The van der Waals surface area contributed by atoms with Crippen LogP contribution in [0.25, 0.3) is 10.9 Å². The number of carbonyl (C=O) groups is 1. The summed E-state index contributed by atoms with van der Waals surface area (Å²) in [6, 6.07) is 15.1. The molecule has 0 radical (unpaired) electrons. The fourth-order valence-electron chi connectivity index (χ4n) is 4.17. The second-order valence-corrected chi connectivity index (χ2v) is 7.80. The summed E-state index contributed by atoms with van der Waals surface area (Å²) < 4.78 is 0. The van der Waals surface area contributed by atoms with Gasteiger partial charge in [0.2, 0.25) is 0 Å². The van der Waals surface area contributed by atoms with Gasteiger partial charge in [0, 0.05) is 35.9 Å². The van der Waals surface area contributed by atoms with Gasteiger partial charge in [-0.15, -0.1) is 0 Å². The summed E-state index contributed by atoms with van der Waals surface area (Å²) in [5.41, 5.74) is 3.09. The van der Waals surface area contributed by atoms with E-state index in [0.717, 1.165) is 42.5 Å². The molecule has 1 amide bonds. The molecule has 1 saturated heterocycles. The number of fused-ring (bicyclic) bond motifs is 1. The van der Waals surface area contributed by atoms with E-state index in [-0.39, 0.29) is 12.1 Å². The van der Waals surface area contributed by atoms with E-state index in [1.807, 2.05) is 24.3 Å². The summed E-state index contributed by atoms with van der Waals surface area (Å²) in [4.78, 5) is 22.5. The lowest BCUT2D eigenvalue weighted by atomic mass is 10.1. The fraction of sp³-hybridized carbons (Fsp3) is 0.304.